The molecule has 0 saturated heterocycles. The minimum atomic E-state index is -0.370. The molecule has 1 heterocycles. The lowest BCUT2D eigenvalue weighted by atomic mass is 10.2. The molecular weight excluding hydrogens is 312 g/mol. The van der Waals surface area contributed by atoms with Gasteiger partial charge in [0.1, 0.15) is 11.4 Å². The van der Waals surface area contributed by atoms with Gasteiger partial charge in [0.2, 0.25) is 0 Å². The van der Waals surface area contributed by atoms with Gasteiger partial charge in [-0.3, -0.25) is 9.48 Å². The average Bonchev–Trinajstić information content (AvgIpc) is 2.80. The summed E-state index contributed by atoms with van der Waals surface area (Å²) in [6, 6.07) is 6.52. The van der Waals surface area contributed by atoms with Crippen LogP contribution in [0, 0.1) is 0 Å². The standard InChI is InChI=1S/C12H11BrN4O2/c1-17-10(4-5-15-17)12(19)16-14-7-8-6-9(13)2-3-11(8)18/h2-7,18H,1H3,(H,16,19)/b14-7-. The fourth-order valence-electron chi connectivity index (χ4n) is 1.44. The number of rotatable bonds is 3. The van der Waals surface area contributed by atoms with Crippen molar-refractivity contribution < 1.29 is 9.90 Å². The maximum absolute atomic E-state index is 11.7. The second-order valence-corrected chi connectivity index (χ2v) is 4.66. The Hall–Kier alpha value is -2.15. The SMILES string of the molecule is Cn1nccc1C(=O)N/N=C\c1cc(Br)ccc1O. The quantitative estimate of drug-likeness (QED) is 0.666. The number of halogens is 1. The highest BCUT2D eigenvalue weighted by Gasteiger charge is 2.08. The number of carbonyl (C=O) groups excluding carboxylic acids is 1. The van der Waals surface area contributed by atoms with Gasteiger partial charge in [0.15, 0.2) is 0 Å². The van der Waals surface area contributed by atoms with Gasteiger partial charge in [-0.05, 0) is 24.3 Å². The molecule has 1 aromatic carbocycles. The average molecular weight is 323 g/mol. The third-order valence-electron chi connectivity index (χ3n) is 2.41. The normalized spacial score (nSPS) is 10.8. The summed E-state index contributed by atoms with van der Waals surface area (Å²) < 4.78 is 2.26. The Morgan fingerprint density at radius 1 is 1.53 bits per heavy atom. The minimum Gasteiger partial charge on any atom is -0.507 e. The lowest BCUT2D eigenvalue weighted by Gasteiger charge is -2.01. The maximum atomic E-state index is 11.7. The molecule has 0 spiro atoms. The number of hydrogen-bond donors (Lipinski definition) is 2. The lowest BCUT2D eigenvalue weighted by Crippen LogP contribution is -2.20. The Morgan fingerprint density at radius 3 is 3.00 bits per heavy atom. The predicted octanol–water partition coefficient (Wildman–Crippen LogP) is 1.65. The third kappa shape index (κ3) is 3.19. The van der Waals surface area contributed by atoms with E-state index in [-0.39, 0.29) is 11.7 Å². The van der Waals surface area contributed by atoms with Crippen molar-refractivity contribution in [2.75, 3.05) is 0 Å². The summed E-state index contributed by atoms with van der Waals surface area (Å²) in [5.41, 5.74) is 3.26. The summed E-state index contributed by atoms with van der Waals surface area (Å²) in [6.45, 7) is 0. The fourth-order valence-corrected chi connectivity index (χ4v) is 1.82. The van der Waals surface area contributed by atoms with Crippen LogP contribution in [0.4, 0.5) is 0 Å². The monoisotopic (exact) mass is 322 g/mol. The first kappa shape index (κ1) is 13.3. The van der Waals surface area contributed by atoms with Crippen LogP contribution in [0.3, 0.4) is 0 Å². The van der Waals surface area contributed by atoms with Gasteiger partial charge in [0.25, 0.3) is 5.91 Å². The van der Waals surface area contributed by atoms with Crippen molar-refractivity contribution in [3.8, 4) is 5.75 Å². The molecule has 0 atom stereocenters. The van der Waals surface area contributed by atoms with E-state index in [1.807, 2.05) is 0 Å². The van der Waals surface area contributed by atoms with Gasteiger partial charge >= 0.3 is 0 Å². The summed E-state index contributed by atoms with van der Waals surface area (Å²) >= 11 is 3.29. The van der Waals surface area contributed by atoms with Gasteiger partial charge in [-0.1, -0.05) is 15.9 Å². The van der Waals surface area contributed by atoms with Crippen molar-refractivity contribution >= 4 is 28.1 Å². The summed E-state index contributed by atoms with van der Waals surface area (Å²) in [5.74, 6) is -0.285. The summed E-state index contributed by atoms with van der Waals surface area (Å²) in [7, 11) is 1.67. The largest absolute Gasteiger partial charge is 0.507 e. The summed E-state index contributed by atoms with van der Waals surface area (Å²) in [6.07, 6.45) is 2.90. The number of phenolic OH excluding ortho intramolecular Hbond substituents is 1. The van der Waals surface area contributed by atoms with Crippen LogP contribution >= 0.6 is 15.9 Å². The van der Waals surface area contributed by atoms with Crippen LogP contribution < -0.4 is 5.43 Å². The Labute approximate surface area is 117 Å². The number of hydrogen-bond acceptors (Lipinski definition) is 4. The molecule has 6 nitrogen and oxygen atoms in total. The molecule has 0 unspecified atom stereocenters. The molecule has 0 aliphatic rings. The van der Waals surface area contributed by atoms with E-state index in [1.165, 1.54) is 23.2 Å². The summed E-state index contributed by atoms with van der Waals surface area (Å²) in [5, 5.41) is 17.3. The molecular formula is C12H11BrN4O2. The number of aromatic nitrogens is 2. The van der Waals surface area contributed by atoms with E-state index in [4.69, 9.17) is 0 Å². The van der Waals surface area contributed by atoms with Gasteiger partial charge in [0.05, 0.1) is 6.21 Å². The Kier molecular flexibility index (Phi) is 3.96. The third-order valence-corrected chi connectivity index (χ3v) is 2.91. The van der Waals surface area contributed by atoms with E-state index in [1.54, 1.807) is 25.2 Å². The van der Waals surface area contributed by atoms with Gasteiger partial charge < -0.3 is 5.11 Å². The first-order valence-corrected chi connectivity index (χ1v) is 6.17. The Balaban J connectivity index is 2.06. The Morgan fingerprint density at radius 2 is 2.32 bits per heavy atom. The molecule has 2 N–H and O–H groups in total. The highest BCUT2D eigenvalue weighted by Crippen LogP contribution is 2.19. The van der Waals surface area contributed by atoms with E-state index in [9.17, 15) is 9.90 Å². The zero-order valence-electron chi connectivity index (χ0n) is 10.0. The predicted molar refractivity (Wildman–Crippen MR) is 74.1 cm³/mol. The molecule has 7 heteroatoms. The van der Waals surface area contributed by atoms with Gasteiger partial charge in [0, 0.05) is 23.3 Å². The highest BCUT2D eigenvalue weighted by atomic mass is 79.9. The number of nitrogens with one attached hydrogen (secondary N) is 1. The maximum Gasteiger partial charge on any atom is 0.289 e. The first-order valence-electron chi connectivity index (χ1n) is 5.38. The van der Waals surface area contributed by atoms with Crippen molar-refractivity contribution in [3.05, 3.63) is 46.2 Å². The van der Waals surface area contributed by atoms with Crippen molar-refractivity contribution in [2.24, 2.45) is 12.1 Å². The topological polar surface area (TPSA) is 79.5 Å². The summed E-state index contributed by atoms with van der Waals surface area (Å²) in [4.78, 5) is 11.7. The van der Waals surface area contributed by atoms with E-state index >= 15 is 0 Å². The van der Waals surface area contributed by atoms with Crippen LogP contribution in [0.25, 0.3) is 0 Å². The molecule has 0 bridgehead atoms. The van der Waals surface area contributed by atoms with Crippen molar-refractivity contribution in [1.82, 2.24) is 15.2 Å². The van der Waals surface area contributed by atoms with Crippen LogP contribution in [0.15, 0.2) is 40.0 Å². The smallest absolute Gasteiger partial charge is 0.289 e. The molecule has 1 amide bonds. The van der Waals surface area contributed by atoms with Crippen molar-refractivity contribution in [3.63, 3.8) is 0 Å². The molecule has 2 aromatic rings. The zero-order valence-corrected chi connectivity index (χ0v) is 11.6. The van der Waals surface area contributed by atoms with E-state index in [2.05, 4.69) is 31.6 Å². The van der Waals surface area contributed by atoms with Crippen LogP contribution in [0.2, 0.25) is 0 Å². The number of nitrogens with zero attached hydrogens (tertiary/aromatic N) is 3. The second kappa shape index (κ2) is 5.66. The van der Waals surface area contributed by atoms with E-state index < -0.39 is 0 Å². The van der Waals surface area contributed by atoms with Crippen molar-refractivity contribution in [1.29, 1.82) is 0 Å². The van der Waals surface area contributed by atoms with E-state index in [0.717, 1.165) is 4.47 Å². The lowest BCUT2D eigenvalue weighted by molar-refractivity contribution is 0.0945. The Bertz CT molecular complexity index is 636. The van der Waals surface area contributed by atoms with Crippen molar-refractivity contribution in [2.45, 2.75) is 0 Å². The molecule has 2 rings (SSSR count). The highest BCUT2D eigenvalue weighted by molar-refractivity contribution is 9.10. The van der Waals surface area contributed by atoms with Crippen LogP contribution in [-0.4, -0.2) is 27.0 Å². The molecule has 98 valence electrons. The van der Waals surface area contributed by atoms with Gasteiger partial charge in [-0.2, -0.15) is 10.2 Å². The van der Waals surface area contributed by atoms with Crippen LogP contribution in [0.1, 0.15) is 16.1 Å². The number of phenols is 1. The fraction of sp³-hybridized carbons (Fsp3) is 0.0833. The zero-order chi connectivity index (χ0) is 13.8. The number of aromatic hydroxyl groups is 1. The van der Waals surface area contributed by atoms with Crippen LogP contribution in [0.5, 0.6) is 5.75 Å². The minimum absolute atomic E-state index is 0.0849. The van der Waals surface area contributed by atoms with Crippen LogP contribution in [-0.2, 0) is 7.05 Å². The number of hydrazone groups is 1. The molecule has 0 saturated carbocycles. The molecule has 0 radical (unpaired) electrons. The molecule has 19 heavy (non-hydrogen) atoms. The molecule has 0 aliphatic heterocycles. The van der Waals surface area contributed by atoms with Gasteiger partial charge in [-0.15, -0.1) is 0 Å². The molecule has 0 fully saturated rings. The first-order chi connectivity index (χ1) is 9.08. The number of carbonyl (C=O) groups is 1. The number of amides is 1. The second-order valence-electron chi connectivity index (χ2n) is 3.74. The molecule has 1 aromatic heterocycles. The van der Waals surface area contributed by atoms with E-state index in [0.29, 0.717) is 11.3 Å². The number of aryl methyl sites for hydroxylation is 1. The number of benzene rings is 1. The molecule has 0 aliphatic carbocycles. The van der Waals surface area contributed by atoms with Gasteiger partial charge in [-0.25, -0.2) is 5.43 Å².